The number of furan rings is 1. The topological polar surface area (TPSA) is 58.0 Å². The van der Waals surface area contributed by atoms with E-state index in [1.54, 1.807) is 30.6 Å². The number of hydrogen-bond acceptors (Lipinski definition) is 6. The van der Waals surface area contributed by atoms with Crippen LogP contribution in [-0.4, -0.2) is 56.0 Å². The maximum absolute atomic E-state index is 12.7. The Morgan fingerprint density at radius 3 is 2.60 bits per heavy atom. The van der Waals surface area contributed by atoms with Crippen molar-refractivity contribution in [2.45, 2.75) is 13.0 Å². The van der Waals surface area contributed by atoms with Gasteiger partial charge in [-0.2, -0.15) is 0 Å². The minimum absolute atomic E-state index is 0.00768. The van der Waals surface area contributed by atoms with Crippen molar-refractivity contribution in [2.24, 2.45) is 0 Å². The highest BCUT2D eigenvalue weighted by Crippen LogP contribution is 2.42. The van der Waals surface area contributed by atoms with Crippen molar-refractivity contribution in [3.63, 3.8) is 0 Å². The fraction of sp³-hybridized carbons (Fsp3) is 0.348. The lowest BCUT2D eigenvalue weighted by Gasteiger charge is -2.38. The zero-order valence-corrected chi connectivity index (χ0v) is 18.4. The quantitative estimate of drug-likeness (QED) is 0.640. The summed E-state index contributed by atoms with van der Waals surface area (Å²) in [5, 5.41) is 3.93. The Bertz CT molecular complexity index is 991. The predicted octanol–water partition coefficient (Wildman–Crippen LogP) is 4.25. The Hall–Kier alpha value is -2.61. The highest BCUT2D eigenvalue weighted by atomic mass is 32.1. The summed E-state index contributed by atoms with van der Waals surface area (Å²) >= 11 is 1.59. The number of likely N-dealkylation sites (N-methyl/N-ethyl adjacent to an activating group) is 1. The normalized spacial score (nSPS) is 16.4. The van der Waals surface area contributed by atoms with Crippen LogP contribution in [0.4, 0.5) is 5.00 Å². The Labute approximate surface area is 181 Å². The molecular weight excluding hydrogens is 398 g/mol. The van der Waals surface area contributed by atoms with Crippen LogP contribution in [0.25, 0.3) is 0 Å². The van der Waals surface area contributed by atoms with Crippen LogP contribution >= 0.6 is 11.3 Å². The summed E-state index contributed by atoms with van der Waals surface area (Å²) in [5.74, 6) is 0.925. The number of hydrogen-bond donors (Lipinski definition) is 1. The summed E-state index contributed by atoms with van der Waals surface area (Å²) in [7, 11) is 3.86. The molecule has 1 amide bonds. The van der Waals surface area contributed by atoms with Gasteiger partial charge in [0.25, 0.3) is 5.91 Å². The summed E-state index contributed by atoms with van der Waals surface area (Å²) in [6.45, 7) is 5.96. The molecule has 4 rings (SSSR count). The monoisotopic (exact) mass is 425 g/mol. The number of thiophene rings is 1. The van der Waals surface area contributed by atoms with Crippen LogP contribution in [0.15, 0.2) is 53.1 Å². The van der Waals surface area contributed by atoms with Crippen molar-refractivity contribution in [1.29, 1.82) is 0 Å². The van der Waals surface area contributed by atoms with Gasteiger partial charge in [0.2, 0.25) is 0 Å². The molecule has 1 aromatic carbocycles. The van der Waals surface area contributed by atoms with Gasteiger partial charge in [-0.05, 0) is 38.2 Å². The molecule has 1 atom stereocenters. The Morgan fingerprint density at radius 1 is 1.13 bits per heavy atom. The van der Waals surface area contributed by atoms with Crippen molar-refractivity contribution < 1.29 is 13.9 Å². The fourth-order valence-electron chi connectivity index (χ4n) is 3.94. The third kappa shape index (κ3) is 4.28. The van der Waals surface area contributed by atoms with Crippen molar-refractivity contribution in [3.05, 3.63) is 70.5 Å². The van der Waals surface area contributed by atoms with Crippen LogP contribution in [0.5, 0.6) is 5.75 Å². The van der Waals surface area contributed by atoms with E-state index in [9.17, 15) is 4.79 Å². The maximum Gasteiger partial charge on any atom is 0.291 e. The summed E-state index contributed by atoms with van der Waals surface area (Å²) in [6, 6.07) is 13.7. The summed E-state index contributed by atoms with van der Waals surface area (Å²) in [6.07, 6.45) is 1.51. The number of nitrogens with one attached hydrogen (secondary N) is 1. The smallest absolute Gasteiger partial charge is 0.291 e. The molecule has 0 bridgehead atoms. The van der Waals surface area contributed by atoms with Gasteiger partial charge in [0, 0.05) is 42.2 Å². The number of carbonyl (C=O) groups is 1. The van der Waals surface area contributed by atoms with Crippen molar-refractivity contribution in [3.8, 4) is 5.75 Å². The number of carbonyl (C=O) groups excluding carboxylic acids is 1. The number of ether oxygens (including phenoxy) is 1. The van der Waals surface area contributed by atoms with Gasteiger partial charge in [-0.1, -0.05) is 18.2 Å². The van der Waals surface area contributed by atoms with Crippen LogP contribution in [0, 0.1) is 6.92 Å². The van der Waals surface area contributed by atoms with Crippen LogP contribution in [0.2, 0.25) is 0 Å². The molecule has 0 aliphatic carbocycles. The van der Waals surface area contributed by atoms with Gasteiger partial charge in [-0.3, -0.25) is 9.69 Å². The molecule has 1 N–H and O–H groups in total. The average Bonchev–Trinajstić information content (AvgIpc) is 3.40. The van der Waals surface area contributed by atoms with Gasteiger partial charge in [0.15, 0.2) is 5.76 Å². The van der Waals surface area contributed by atoms with Gasteiger partial charge in [0.1, 0.15) is 10.8 Å². The number of rotatable bonds is 6. The lowest BCUT2D eigenvalue weighted by atomic mass is 9.96. The minimum Gasteiger partial charge on any atom is -0.496 e. The number of anilines is 1. The second-order valence-corrected chi connectivity index (χ2v) is 8.81. The number of piperazine rings is 1. The van der Waals surface area contributed by atoms with E-state index < -0.39 is 0 Å². The highest BCUT2D eigenvalue weighted by Gasteiger charge is 2.31. The molecule has 7 heteroatoms. The average molecular weight is 426 g/mol. The molecule has 0 radical (unpaired) electrons. The van der Waals surface area contributed by atoms with E-state index in [4.69, 9.17) is 9.15 Å². The van der Waals surface area contributed by atoms with Crippen molar-refractivity contribution in [1.82, 2.24) is 9.80 Å². The molecular formula is C23H27N3O3S. The van der Waals surface area contributed by atoms with E-state index in [1.807, 2.05) is 18.2 Å². The first-order valence-electron chi connectivity index (χ1n) is 10.1. The van der Waals surface area contributed by atoms with Crippen molar-refractivity contribution >= 4 is 22.2 Å². The first kappa shape index (κ1) is 20.7. The van der Waals surface area contributed by atoms with Crippen LogP contribution < -0.4 is 10.1 Å². The summed E-state index contributed by atoms with van der Waals surface area (Å²) in [5.41, 5.74) is 2.20. The molecule has 0 spiro atoms. The SMILES string of the molecule is COc1ccccc1[C@@H](c1cc(C)sc1NC(=O)c1ccco1)N1CCN(C)CC1. The van der Waals surface area contributed by atoms with E-state index >= 15 is 0 Å². The van der Waals surface area contributed by atoms with E-state index in [-0.39, 0.29) is 11.9 Å². The second-order valence-electron chi connectivity index (χ2n) is 7.56. The molecule has 6 nitrogen and oxygen atoms in total. The molecule has 0 saturated carbocycles. The third-order valence-electron chi connectivity index (χ3n) is 5.49. The molecule has 3 aromatic rings. The first-order valence-corrected chi connectivity index (χ1v) is 10.9. The largest absolute Gasteiger partial charge is 0.496 e. The number of nitrogens with zero attached hydrogens (tertiary/aromatic N) is 2. The number of para-hydroxylation sites is 1. The molecule has 0 unspecified atom stereocenters. The maximum atomic E-state index is 12.7. The minimum atomic E-state index is -0.236. The van der Waals surface area contributed by atoms with Crippen molar-refractivity contribution in [2.75, 3.05) is 45.7 Å². The van der Waals surface area contributed by atoms with E-state index in [0.29, 0.717) is 5.76 Å². The second kappa shape index (κ2) is 9.04. The molecule has 158 valence electrons. The Kier molecular flexibility index (Phi) is 6.22. The number of benzene rings is 1. The lowest BCUT2D eigenvalue weighted by Crippen LogP contribution is -2.46. The molecule has 2 aromatic heterocycles. The van der Waals surface area contributed by atoms with Gasteiger partial charge in [0.05, 0.1) is 19.4 Å². The van der Waals surface area contributed by atoms with Gasteiger partial charge in [-0.25, -0.2) is 0 Å². The van der Waals surface area contributed by atoms with Gasteiger partial charge in [-0.15, -0.1) is 11.3 Å². The van der Waals surface area contributed by atoms with E-state index in [1.165, 1.54) is 6.26 Å². The third-order valence-corrected chi connectivity index (χ3v) is 6.47. The predicted molar refractivity (Wildman–Crippen MR) is 120 cm³/mol. The first-order chi connectivity index (χ1) is 14.6. The molecule has 3 heterocycles. The van der Waals surface area contributed by atoms with Crippen LogP contribution in [0.3, 0.4) is 0 Å². The van der Waals surface area contributed by atoms with E-state index in [0.717, 1.165) is 52.9 Å². The lowest BCUT2D eigenvalue weighted by molar-refractivity contribution is 0.0996. The molecule has 1 aliphatic rings. The Morgan fingerprint density at radius 2 is 1.90 bits per heavy atom. The fourth-order valence-corrected chi connectivity index (χ4v) is 4.88. The molecule has 1 fully saturated rings. The standard InChI is InChI=1S/C23H27N3O3S/c1-16-15-18(23(30-16)24-22(27)20-9-6-14-29-20)21(26-12-10-25(2)11-13-26)17-7-4-5-8-19(17)28-3/h4-9,14-15,21H,10-13H2,1-3H3,(H,24,27)/t21-/m0/s1. The van der Waals surface area contributed by atoms with Crippen LogP contribution in [-0.2, 0) is 0 Å². The van der Waals surface area contributed by atoms with E-state index in [2.05, 4.69) is 41.2 Å². The Balaban J connectivity index is 1.75. The van der Waals surface area contributed by atoms with Gasteiger partial charge >= 0.3 is 0 Å². The number of methoxy groups -OCH3 is 1. The number of amides is 1. The summed E-state index contributed by atoms with van der Waals surface area (Å²) < 4.78 is 11.0. The van der Waals surface area contributed by atoms with Crippen LogP contribution in [0.1, 0.15) is 32.6 Å². The molecule has 30 heavy (non-hydrogen) atoms. The van der Waals surface area contributed by atoms with Gasteiger partial charge < -0.3 is 19.4 Å². The highest BCUT2D eigenvalue weighted by molar-refractivity contribution is 7.16. The zero-order chi connectivity index (χ0) is 21.1. The molecule has 1 aliphatic heterocycles. The zero-order valence-electron chi connectivity index (χ0n) is 17.6. The summed E-state index contributed by atoms with van der Waals surface area (Å²) in [4.78, 5) is 18.7. The number of aryl methyl sites for hydroxylation is 1. The molecule has 1 saturated heterocycles.